The number of benzene rings is 1. The van der Waals surface area contributed by atoms with Crippen LogP contribution in [0.3, 0.4) is 0 Å². The second kappa shape index (κ2) is 8.54. The van der Waals surface area contributed by atoms with Crippen molar-refractivity contribution in [2.45, 2.75) is 51.7 Å². The minimum atomic E-state index is 0.0785. The molecule has 1 amide bonds. The van der Waals surface area contributed by atoms with Gasteiger partial charge >= 0.3 is 0 Å². The first-order chi connectivity index (χ1) is 10.6. The predicted molar refractivity (Wildman–Crippen MR) is 92.1 cm³/mol. The standard InChI is InChI=1S/C18H27ClN2O/c1-15(2)20(13-16-8-4-3-5-9-16)14-17-10-6-7-11-21(17)18(22)12-19/h3-5,8-9,15,17H,6-7,10-14H2,1-2H3/t17-/m0/s1. The zero-order chi connectivity index (χ0) is 15.9. The molecule has 4 heteroatoms. The Labute approximate surface area is 139 Å². The van der Waals surface area contributed by atoms with Crippen molar-refractivity contribution >= 4 is 17.5 Å². The molecule has 0 aromatic heterocycles. The number of carbonyl (C=O) groups excluding carboxylic acids is 1. The lowest BCUT2D eigenvalue weighted by atomic mass is 10.0. The van der Waals surface area contributed by atoms with E-state index < -0.39 is 0 Å². The highest BCUT2D eigenvalue weighted by molar-refractivity contribution is 6.27. The Balaban J connectivity index is 2.04. The maximum absolute atomic E-state index is 12.1. The lowest BCUT2D eigenvalue weighted by Crippen LogP contribution is -2.51. The minimum absolute atomic E-state index is 0.0785. The molecule has 0 saturated carbocycles. The van der Waals surface area contributed by atoms with Crippen LogP contribution in [0, 0.1) is 0 Å². The van der Waals surface area contributed by atoms with Gasteiger partial charge in [0.25, 0.3) is 0 Å². The fraction of sp³-hybridized carbons (Fsp3) is 0.611. The van der Waals surface area contributed by atoms with Gasteiger partial charge in [0.2, 0.25) is 5.91 Å². The van der Waals surface area contributed by atoms with Gasteiger partial charge in [0.15, 0.2) is 0 Å². The van der Waals surface area contributed by atoms with E-state index in [9.17, 15) is 4.79 Å². The monoisotopic (exact) mass is 322 g/mol. The van der Waals surface area contributed by atoms with Gasteiger partial charge in [-0.25, -0.2) is 0 Å². The van der Waals surface area contributed by atoms with Gasteiger partial charge in [-0.1, -0.05) is 30.3 Å². The van der Waals surface area contributed by atoms with Gasteiger partial charge in [-0.3, -0.25) is 9.69 Å². The molecule has 0 aliphatic carbocycles. The summed E-state index contributed by atoms with van der Waals surface area (Å²) in [5.74, 6) is 0.173. The first kappa shape index (κ1) is 17.3. The third-order valence-electron chi connectivity index (χ3n) is 4.47. The van der Waals surface area contributed by atoms with Gasteiger partial charge in [-0.2, -0.15) is 0 Å². The number of amides is 1. The highest BCUT2D eigenvalue weighted by Gasteiger charge is 2.28. The zero-order valence-electron chi connectivity index (χ0n) is 13.7. The lowest BCUT2D eigenvalue weighted by molar-refractivity contribution is -0.132. The molecule has 1 fully saturated rings. The molecular weight excluding hydrogens is 296 g/mol. The van der Waals surface area contributed by atoms with Crippen LogP contribution in [0.2, 0.25) is 0 Å². The number of hydrogen-bond acceptors (Lipinski definition) is 2. The van der Waals surface area contributed by atoms with Gasteiger partial charge < -0.3 is 4.90 Å². The molecule has 1 heterocycles. The summed E-state index contributed by atoms with van der Waals surface area (Å²) in [5.41, 5.74) is 1.32. The number of hydrogen-bond donors (Lipinski definition) is 0. The number of nitrogens with zero attached hydrogens (tertiary/aromatic N) is 2. The first-order valence-corrected chi connectivity index (χ1v) is 8.78. The van der Waals surface area contributed by atoms with E-state index in [1.165, 1.54) is 12.0 Å². The van der Waals surface area contributed by atoms with Gasteiger partial charge in [0, 0.05) is 31.7 Å². The second-order valence-corrected chi connectivity index (χ2v) is 6.65. The number of piperidine rings is 1. The van der Waals surface area contributed by atoms with E-state index in [-0.39, 0.29) is 11.8 Å². The van der Waals surface area contributed by atoms with Gasteiger partial charge in [-0.05, 0) is 38.7 Å². The fourth-order valence-corrected chi connectivity index (χ4v) is 3.30. The van der Waals surface area contributed by atoms with E-state index in [1.807, 2.05) is 11.0 Å². The first-order valence-electron chi connectivity index (χ1n) is 8.25. The van der Waals surface area contributed by atoms with E-state index in [2.05, 4.69) is 43.0 Å². The van der Waals surface area contributed by atoms with Crippen molar-refractivity contribution in [1.29, 1.82) is 0 Å². The highest BCUT2D eigenvalue weighted by atomic mass is 35.5. The fourth-order valence-electron chi connectivity index (χ4n) is 3.14. The minimum Gasteiger partial charge on any atom is -0.337 e. The molecule has 22 heavy (non-hydrogen) atoms. The molecule has 0 spiro atoms. The Bertz CT molecular complexity index is 463. The second-order valence-electron chi connectivity index (χ2n) is 6.38. The van der Waals surface area contributed by atoms with Crippen LogP contribution in [-0.2, 0) is 11.3 Å². The number of carbonyl (C=O) groups is 1. The van der Waals surface area contributed by atoms with Crippen LogP contribution in [0.25, 0.3) is 0 Å². The number of rotatable bonds is 6. The van der Waals surface area contributed by atoms with Crippen LogP contribution >= 0.6 is 11.6 Å². The molecule has 0 radical (unpaired) electrons. The summed E-state index contributed by atoms with van der Waals surface area (Å²) in [6.45, 7) is 7.15. The van der Waals surface area contributed by atoms with E-state index in [1.54, 1.807) is 0 Å². The van der Waals surface area contributed by atoms with Crippen LogP contribution in [0.5, 0.6) is 0 Å². The molecular formula is C18H27ClN2O. The van der Waals surface area contributed by atoms with Crippen LogP contribution in [0.15, 0.2) is 30.3 Å². The average Bonchev–Trinajstić information content (AvgIpc) is 2.55. The Hall–Kier alpha value is -1.06. The molecule has 1 aromatic carbocycles. The van der Waals surface area contributed by atoms with Crippen molar-refractivity contribution in [3.8, 4) is 0 Å². The summed E-state index contributed by atoms with van der Waals surface area (Å²) in [6.07, 6.45) is 3.38. The number of alkyl halides is 1. The third kappa shape index (κ3) is 4.72. The van der Waals surface area contributed by atoms with Gasteiger partial charge in [0.1, 0.15) is 5.88 Å². The van der Waals surface area contributed by atoms with Crippen LogP contribution in [-0.4, -0.2) is 46.8 Å². The van der Waals surface area contributed by atoms with Crippen molar-refractivity contribution < 1.29 is 4.79 Å². The molecule has 0 unspecified atom stereocenters. The normalized spacial score (nSPS) is 19.0. The molecule has 1 saturated heterocycles. The molecule has 1 aromatic rings. The summed E-state index contributed by atoms with van der Waals surface area (Å²) < 4.78 is 0. The van der Waals surface area contributed by atoms with Crippen molar-refractivity contribution in [1.82, 2.24) is 9.80 Å². The molecule has 122 valence electrons. The van der Waals surface area contributed by atoms with Gasteiger partial charge in [0.05, 0.1) is 0 Å². The maximum atomic E-state index is 12.1. The van der Waals surface area contributed by atoms with Crippen molar-refractivity contribution in [3.05, 3.63) is 35.9 Å². The molecule has 0 N–H and O–H groups in total. The summed E-state index contributed by atoms with van der Waals surface area (Å²) in [7, 11) is 0. The summed E-state index contributed by atoms with van der Waals surface area (Å²) in [6, 6.07) is 11.3. The molecule has 2 rings (SSSR count). The lowest BCUT2D eigenvalue weighted by Gasteiger charge is -2.39. The van der Waals surface area contributed by atoms with Crippen LogP contribution < -0.4 is 0 Å². The Morgan fingerprint density at radius 3 is 2.68 bits per heavy atom. The van der Waals surface area contributed by atoms with Crippen molar-refractivity contribution in [2.24, 2.45) is 0 Å². The smallest absolute Gasteiger partial charge is 0.237 e. The maximum Gasteiger partial charge on any atom is 0.237 e. The summed E-state index contributed by atoms with van der Waals surface area (Å²) >= 11 is 5.77. The highest BCUT2D eigenvalue weighted by Crippen LogP contribution is 2.20. The zero-order valence-corrected chi connectivity index (χ0v) is 14.4. The van der Waals surface area contributed by atoms with E-state index >= 15 is 0 Å². The third-order valence-corrected chi connectivity index (χ3v) is 4.69. The Morgan fingerprint density at radius 1 is 1.32 bits per heavy atom. The van der Waals surface area contributed by atoms with Crippen molar-refractivity contribution in [2.75, 3.05) is 19.0 Å². The quantitative estimate of drug-likeness (QED) is 0.748. The van der Waals surface area contributed by atoms with Gasteiger partial charge in [-0.15, -0.1) is 11.6 Å². The summed E-state index contributed by atoms with van der Waals surface area (Å²) in [5, 5.41) is 0. The van der Waals surface area contributed by atoms with Crippen LogP contribution in [0.4, 0.5) is 0 Å². The number of likely N-dealkylation sites (tertiary alicyclic amines) is 1. The topological polar surface area (TPSA) is 23.6 Å². The molecule has 0 bridgehead atoms. The van der Waals surface area contributed by atoms with E-state index in [4.69, 9.17) is 11.6 Å². The molecule has 1 atom stereocenters. The molecule has 1 aliphatic rings. The van der Waals surface area contributed by atoms with Crippen molar-refractivity contribution in [3.63, 3.8) is 0 Å². The molecule has 1 aliphatic heterocycles. The van der Waals surface area contributed by atoms with Crippen LogP contribution in [0.1, 0.15) is 38.7 Å². The summed E-state index contributed by atoms with van der Waals surface area (Å²) in [4.78, 5) is 16.5. The predicted octanol–water partition coefficient (Wildman–Crippen LogP) is 3.52. The SMILES string of the molecule is CC(C)N(Cc1ccccc1)C[C@@H]1CCCCN1C(=O)CCl. The average molecular weight is 323 g/mol. The molecule has 3 nitrogen and oxygen atoms in total. The number of halogens is 1. The van der Waals surface area contributed by atoms with E-state index in [0.29, 0.717) is 12.1 Å². The van der Waals surface area contributed by atoms with E-state index in [0.717, 1.165) is 32.5 Å². The Kier molecular flexibility index (Phi) is 6.71. The Morgan fingerprint density at radius 2 is 2.05 bits per heavy atom. The largest absolute Gasteiger partial charge is 0.337 e.